The minimum absolute atomic E-state index is 0.00901. The number of halogens is 4. The fourth-order valence-corrected chi connectivity index (χ4v) is 4.24. The molecule has 0 aromatic heterocycles. The van der Waals surface area contributed by atoms with Crippen molar-refractivity contribution in [1.29, 1.82) is 0 Å². The zero-order chi connectivity index (χ0) is 26.8. The molecule has 0 radical (unpaired) electrons. The van der Waals surface area contributed by atoms with Crippen molar-refractivity contribution in [2.75, 3.05) is 25.1 Å². The number of benzene rings is 2. The SMILES string of the molecule is C[C@@H](c1cc(C(=O)NCCCC(=O)O)ccc1Cl)[C@](O)(c1ccc2c(c1)N(C)C(=O)CO2)C(F)(F)F. The highest BCUT2D eigenvalue weighted by atomic mass is 35.5. The van der Waals surface area contributed by atoms with Gasteiger partial charge >= 0.3 is 12.1 Å². The molecule has 0 bridgehead atoms. The van der Waals surface area contributed by atoms with Crippen molar-refractivity contribution in [3.63, 3.8) is 0 Å². The van der Waals surface area contributed by atoms with E-state index in [1.807, 2.05) is 0 Å². The lowest BCUT2D eigenvalue weighted by atomic mass is 9.77. The fourth-order valence-electron chi connectivity index (χ4n) is 3.95. The third kappa shape index (κ3) is 5.26. The Morgan fingerprint density at radius 1 is 1.22 bits per heavy atom. The van der Waals surface area contributed by atoms with Gasteiger partial charge in [0.05, 0.1) is 5.69 Å². The summed E-state index contributed by atoms with van der Waals surface area (Å²) in [6.07, 6.45) is -5.16. The van der Waals surface area contributed by atoms with Crippen molar-refractivity contribution in [3.05, 3.63) is 58.1 Å². The number of aliphatic carboxylic acids is 1. The van der Waals surface area contributed by atoms with Crippen molar-refractivity contribution < 1.29 is 42.5 Å². The van der Waals surface area contributed by atoms with E-state index in [0.717, 1.165) is 30.0 Å². The lowest BCUT2D eigenvalue weighted by Gasteiger charge is -2.38. The van der Waals surface area contributed by atoms with Crippen LogP contribution in [0, 0.1) is 0 Å². The Hall–Kier alpha value is -3.31. The van der Waals surface area contributed by atoms with Gasteiger partial charge in [-0.15, -0.1) is 0 Å². The number of fused-ring (bicyclic) bond motifs is 1. The van der Waals surface area contributed by atoms with E-state index in [4.69, 9.17) is 21.4 Å². The highest BCUT2D eigenvalue weighted by Gasteiger charge is 2.59. The molecule has 2 aromatic carbocycles. The number of nitrogens with one attached hydrogen (secondary N) is 1. The first-order valence-corrected chi connectivity index (χ1v) is 11.3. The van der Waals surface area contributed by atoms with E-state index >= 15 is 0 Å². The standard InChI is InChI=1S/C24H24ClF3N2O6/c1-13(16-10-14(5-7-17(16)25)22(34)29-9-3-4-21(32)33)23(35,24(26,27)28)15-6-8-19-18(11-15)30(2)20(31)12-36-19/h5-8,10-11,13,35H,3-4,9,12H2,1-2H3,(H,29,34)(H,32,33)/t13-,23-/m0/s1. The summed E-state index contributed by atoms with van der Waals surface area (Å²) < 4.78 is 48.7. The minimum Gasteiger partial charge on any atom is -0.482 e. The molecule has 1 aliphatic rings. The molecule has 2 aromatic rings. The molecule has 3 N–H and O–H groups in total. The van der Waals surface area contributed by atoms with Gasteiger partial charge in [-0.3, -0.25) is 14.4 Å². The van der Waals surface area contributed by atoms with E-state index < -0.39 is 41.0 Å². The molecule has 1 heterocycles. The zero-order valence-electron chi connectivity index (χ0n) is 19.4. The Bertz CT molecular complexity index is 1190. The fraction of sp³-hybridized carbons (Fsp3) is 0.375. The van der Waals surface area contributed by atoms with Crippen LogP contribution in [-0.2, 0) is 15.2 Å². The van der Waals surface area contributed by atoms with Gasteiger partial charge in [0.25, 0.3) is 11.8 Å². The molecule has 2 amide bonds. The summed E-state index contributed by atoms with van der Waals surface area (Å²) in [6, 6.07) is 7.09. The topological polar surface area (TPSA) is 116 Å². The molecule has 8 nitrogen and oxygen atoms in total. The number of rotatable bonds is 8. The number of amides is 2. The second-order valence-corrected chi connectivity index (χ2v) is 8.81. The van der Waals surface area contributed by atoms with Crippen LogP contribution >= 0.6 is 11.6 Å². The second kappa shape index (κ2) is 10.4. The number of anilines is 1. The molecule has 1 aliphatic heterocycles. The Morgan fingerprint density at radius 2 is 1.92 bits per heavy atom. The number of carbonyl (C=O) groups excluding carboxylic acids is 2. The van der Waals surface area contributed by atoms with Crippen molar-refractivity contribution in [3.8, 4) is 5.75 Å². The molecule has 0 saturated carbocycles. The molecule has 0 aliphatic carbocycles. The smallest absolute Gasteiger partial charge is 0.422 e. The number of ether oxygens (including phenoxy) is 1. The molecule has 2 atom stereocenters. The van der Waals surface area contributed by atoms with Crippen LogP contribution in [0.1, 0.15) is 47.2 Å². The van der Waals surface area contributed by atoms with Crippen molar-refractivity contribution in [2.45, 2.75) is 37.5 Å². The molecule has 0 saturated heterocycles. The molecule has 3 rings (SSSR count). The minimum atomic E-state index is -5.17. The van der Waals surface area contributed by atoms with Gasteiger partial charge in [0, 0.05) is 36.5 Å². The van der Waals surface area contributed by atoms with Crippen molar-refractivity contribution in [1.82, 2.24) is 5.32 Å². The first kappa shape index (κ1) is 27.3. The van der Waals surface area contributed by atoms with Crippen LogP contribution in [0.25, 0.3) is 0 Å². The highest BCUT2D eigenvalue weighted by Crippen LogP contribution is 2.51. The largest absolute Gasteiger partial charge is 0.482 e. The number of carboxylic acids is 1. The quantitative estimate of drug-likeness (QED) is 0.448. The Labute approximate surface area is 209 Å². The van der Waals surface area contributed by atoms with E-state index in [9.17, 15) is 32.7 Å². The van der Waals surface area contributed by atoms with Gasteiger partial charge < -0.3 is 25.2 Å². The monoisotopic (exact) mass is 528 g/mol. The lowest BCUT2D eigenvalue weighted by molar-refractivity contribution is -0.274. The first-order chi connectivity index (χ1) is 16.8. The summed E-state index contributed by atoms with van der Waals surface area (Å²) in [5, 5.41) is 22.3. The zero-order valence-corrected chi connectivity index (χ0v) is 20.1. The number of nitrogens with zero attached hydrogens (tertiary/aromatic N) is 1. The first-order valence-electron chi connectivity index (χ1n) is 10.9. The van der Waals surface area contributed by atoms with Gasteiger partial charge in [-0.2, -0.15) is 13.2 Å². The van der Waals surface area contributed by atoms with Crippen LogP contribution in [-0.4, -0.2) is 54.4 Å². The second-order valence-electron chi connectivity index (χ2n) is 8.40. The van der Waals surface area contributed by atoms with E-state index in [0.29, 0.717) is 0 Å². The molecule has 36 heavy (non-hydrogen) atoms. The number of hydrogen-bond donors (Lipinski definition) is 3. The van der Waals surface area contributed by atoms with Crippen LogP contribution in [0.15, 0.2) is 36.4 Å². The third-order valence-electron chi connectivity index (χ3n) is 6.12. The maximum absolute atomic E-state index is 14.5. The summed E-state index contributed by atoms with van der Waals surface area (Å²) in [4.78, 5) is 36.2. The van der Waals surface area contributed by atoms with Gasteiger partial charge in [0.1, 0.15) is 5.75 Å². The summed E-state index contributed by atoms with van der Waals surface area (Å²) in [5.74, 6) is -3.60. The average molecular weight is 529 g/mol. The van der Waals surface area contributed by atoms with Crippen LogP contribution in [0.3, 0.4) is 0 Å². The number of likely N-dealkylation sites (N-methyl/N-ethyl adjacent to an activating group) is 1. The van der Waals surface area contributed by atoms with Gasteiger partial charge in [0.2, 0.25) is 0 Å². The van der Waals surface area contributed by atoms with Crippen molar-refractivity contribution in [2.24, 2.45) is 0 Å². The van der Waals surface area contributed by atoms with E-state index in [-0.39, 0.29) is 53.6 Å². The molecular formula is C24H24ClF3N2O6. The van der Waals surface area contributed by atoms with Crippen molar-refractivity contribution >= 4 is 35.1 Å². The predicted octanol–water partition coefficient (Wildman–Crippen LogP) is 3.84. The summed E-state index contributed by atoms with van der Waals surface area (Å²) in [6.45, 7) is 0.923. The van der Waals surface area contributed by atoms with Crippen LogP contribution in [0.5, 0.6) is 5.75 Å². The molecule has 194 valence electrons. The van der Waals surface area contributed by atoms with E-state index in [1.54, 1.807) is 0 Å². The third-order valence-corrected chi connectivity index (χ3v) is 6.47. The van der Waals surface area contributed by atoms with E-state index in [2.05, 4.69) is 5.32 Å². The Morgan fingerprint density at radius 3 is 2.56 bits per heavy atom. The maximum Gasteiger partial charge on any atom is 0.422 e. The van der Waals surface area contributed by atoms with Gasteiger partial charge in [0.15, 0.2) is 12.2 Å². The van der Waals surface area contributed by atoms with Gasteiger partial charge in [-0.1, -0.05) is 24.6 Å². The molecule has 12 heteroatoms. The Kier molecular flexibility index (Phi) is 7.85. The number of aliphatic hydroxyl groups is 1. The number of carboxylic acid groups (broad SMARTS) is 1. The van der Waals surface area contributed by atoms with Gasteiger partial charge in [-0.25, -0.2) is 0 Å². The van der Waals surface area contributed by atoms with E-state index in [1.165, 1.54) is 25.2 Å². The highest BCUT2D eigenvalue weighted by molar-refractivity contribution is 6.31. The summed E-state index contributed by atoms with van der Waals surface area (Å²) in [7, 11) is 1.39. The summed E-state index contributed by atoms with van der Waals surface area (Å²) in [5.41, 5.74) is -4.05. The van der Waals surface area contributed by atoms with Crippen LogP contribution < -0.4 is 15.0 Å². The average Bonchev–Trinajstić information content (AvgIpc) is 2.82. The predicted molar refractivity (Wildman–Crippen MR) is 124 cm³/mol. The van der Waals surface area contributed by atoms with Crippen LogP contribution in [0.2, 0.25) is 5.02 Å². The summed E-state index contributed by atoms with van der Waals surface area (Å²) >= 11 is 6.21. The molecular weight excluding hydrogens is 505 g/mol. The number of alkyl halides is 3. The Balaban J connectivity index is 1.99. The lowest BCUT2D eigenvalue weighted by Crippen LogP contribution is -2.47. The number of hydrogen-bond acceptors (Lipinski definition) is 5. The van der Waals surface area contributed by atoms with Crippen LogP contribution in [0.4, 0.5) is 18.9 Å². The molecule has 0 unspecified atom stereocenters. The normalized spacial score (nSPS) is 16.0. The maximum atomic E-state index is 14.5. The molecule has 0 spiro atoms. The number of carbonyl (C=O) groups is 3. The molecule has 0 fully saturated rings. The van der Waals surface area contributed by atoms with Gasteiger partial charge in [-0.05, 0) is 47.9 Å².